The van der Waals surface area contributed by atoms with E-state index in [9.17, 15) is 9.18 Å². The van der Waals surface area contributed by atoms with Crippen molar-refractivity contribution in [3.05, 3.63) is 59.4 Å². The van der Waals surface area contributed by atoms with Crippen molar-refractivity contribution in [1.82, 2.24) is 4.90 Å². The van der Waals surface area contributed by atoms with E-state index in [1.54, 1.807) is 26.4 Å². The first-order valence-electron chi connectivity index (χ1n) is 9.38. The highest BCUT2D eigenvalue weighted by molar-refractivity contribution is 5.83. The van der Waals surface area contributed by atoms with Gasteiger partial charge in [-0.2, -0.15) is 0 Å². The van der Waals surface area contributed by atoms with Crippen molar-refractivity contribution in [3.63, 3.8) is 0 Å². The van der Waals surface area contributed by atoms with Crippen molar-refractivity contribution in [1.29, 1.82) is 0 Å². The molecule has 2 unspecified atom stereocenters. The van der Waals surface area contributed by atoms with Gasteiger partial charge < -0.3 is 14.4 Å². The fraction of sp³-hybridized carbons (Fsp3) is 0.409. The summed E-state index contributed by atoms with van der Waals surface area (Å²) >= 11 is 0. The maximum atomic E-state index is 14.1. The van der Waals surface area contributed by atoms with Gasteiger partial charge in [-0.05, 0) is 55.0 Å². The van der Waals surface area contributed by atoms with Gasteiger partial charge in [-0.1, -0.05) is 18.2 Å². The van der Waals surface area contributed by atoms with E-state index in [2.05, 4.69) is 0 Å². The van der Waals surface area contributed by atoms with Crippen LogP contribution in [0.4, 0.5) is 4.39 Å². The van der Waals surface area contributed by atoms with E-state index in [0.29, 0.717) is 12.1 Å². The molecule has 0 saturated heterocycles. The number of carbonyl (C=O) groups excluding carboxylic acids is 1. The second-order valence-electron chi connectivity index (χ2n) is 7.35. The molecule has 4 rings (SSSR count). The van der Waals surface area contributed by atoms with E-state index in [-0.39, 0.29) is 29.6 Å². The predicted molar refractivity (Wildman–Crippen MR) is 100 cm³/mol. The second kappa shape index (κ2) is 7.22. The molecule has 142 valence electrons. The molecular formula is C22H24FNO3. The largest absolute Gasteiger partial charge is 0.497 e. The number of rotatable bonds is 7. The third-order valence-electron chi connectivity index (χ3n) is 5.51. The summed E-state index contributed by atoms with van der Waals surface area (Å²) in [6.45, 7) is 0.490. The van der Waals surface area contributed by atoms with Crippen molar-refractivity contribution in [2.75, 3.05) is 14.2 Å². The van der Waals surface area contributed by atoms with E-state index in [1.807, 2.05) is 29.2 Å². The van der Waals surface area contributed by atoms with Gasteiger partial charge >= 0.3 is 0 Å². The first-order valence-corrected chi connectivity index (χ1v) is 9.38. The molecule has 0 heterocycles. The highest BCUT2D eigenvalue weighted by Gasteiger charge is 2.49. The minimum atomic E-state index is -0.217. The molecule has 2 aromatic carbocycles. The molecule has 5 heteroatoms. The van der Waals surface area contributed by atoms with Gasteiger partial charge in [0.05, 0.1) is 14.2 Å². The van der Waals surface area contributed by atoms with Gasteiger partial charge in [0.15, 0.2) is 0 Å². The molecule has 2 aromatic rings. The smallest absolute Gasteiger partial charge is 0.226 e. The summed E-state index contributed by atoms with van der Waals surface area (Å²) in [6.07, 6.45) is 2.77. The fourth-order valence-corrected chi connectivity index (χ4v) is 3.76. The number of methoxy groups -OCH3 is 2. The number of amides is 1. The Morgan fingerprint density at radius 1 is 1.15 bits per heavy atom. The van der Waals surface area contributed by atoms with E-state index in [4.69, 9.17) is 9.47 Å². The fourth-order valence-electron chi connectivity index (χ4n) is 3.76. The molecule has 0 aliphatic heterocycles. The zero-order valence-corrected chi connectivity index (χ0v) is 15.7. The maximum absolute atomic E-state index is 14.1. The number of hydrogen-bond acceptors (Lipinski definition) is 3. The Morgan fingerprint density at radius 3 is 2.59 bits per heavy atom. The third kappa shape index (κ3) is 3.64. The lowest BCUT2D eigenvalue weighted by atomic mass is 10.1. The number of nitrogens with zero attached hydrogens (tertiary/aromatic N) is 1. The molecule has 27 heavy (non-hydrogen) atoms. The van der Waals surface area contributed by atoms with Crippen LogP contribution in [0.15, 0.2) is 42.5 Å². The highest BCUT2D eigenvalue weighted by Crippen LogP contribution is 2.50. The summed E-state index contributed by atoms with van der Waals surface area (Å²) in [5.74, 6) is 1.26. The molecule has 2 atom stereocenters. The molecule has 1 amide bonds. The van der Waals surface area contributed by atoms with E-state index in [0.717, 1.165) is 36.3 Å². The zero-order chi connectivity index (χ0) is 19.0. The first kappa shape index (κ1) is 17.8. The predicted octanol–water partition coefficient (Wildman–Crippen LogP) is 4.14. The Morgan fingerprint density at radius 2 is 1.93 bits per heavy atom. The molecule has 0 N–H and O–H groups in total. The third-order valence-corrected chi connectivity index (χ3v) is 5.51. The van der Waals surface area contributed by atoms with Crippen LogP contribution in [0.1, 0.15) is 36.3 Å². The van der Waals surface area contributed by atoms with Gasteiger partial charge in [0.1, 0.15) is 17.3 Å². The quantitative estimate of drug-likeness (QED) is 0.736. The van der Waals surface area contributed by atoms with Crippen molar-refractivity contribution in [3.8, 4) is 11.5 Å². The zero-order valence-electron chi connectivity index (χ0n) is 15.7. The van der Waals surface area contributed by atoms with Crippen LogP contribution in [0.25, 0.3) is 0 Å². The standard InChI is InChI=1S/C22H24FNO3/c1-26-16-9-10-21(27-2)14(11-16)13-24(15-7-8-15)22(25)19-12-18(19)17-5-3-4-6-20(17)23/h3-6,9-11,15,18-19H,7-8,12-13H2,1-2H3. The first-order chi connectivity index (χ1) is 13.1. The van der Waals surface area contributed by atoms with Crippen molar-refractivity contribution in [2.45, 2.75) is 37.8 Å². The van der Waals surface area contributed by atoms with Crippen molar-refractivity contribution >= 4 is 5.91 Å². The van der Waals surface area contributed by atoms with Gasteiger partial charge in [-0.3, -0.25) is 4.79 Å². The molecule has 0 bridgehead atoms. The van der Waals surface area contributed by atoms with Crippen LogP contribution in [0.5, 0.6) is 11.5 Å². The molecule has 4 nitrogen and oxygen atoms in total. The number of carbonyl (C=O) groups is 1. The summed E-state index contributed by atoms with van der Waals surface area (Å²) in [4.78, 5) is 15.1. The van der Waals surface area contributed by atoms with Crippen LogP contribution in [0.3, 0.4) is 0 Å². The molecule has 2 saturated carbocycles. The number of ether oxygens (including phenoxy) is 2. The summed E-state index contributed by atoms with van der Waals surface area (Å²) in [7, 11) is 3.25. The van der Waals surface area contributed by atoms with Crippen LogP contribution in [0.2, 0.25) is 0 Å². The summed E-state index contributed by atoms with van der Waals surface area (Å²) in [5.41, 5.74) is 1.59. The average Bonchev–Trinajstić information content (AvgIpc) is 3.59. The summed E-state index contributed by atoms with van der Waals surface area (Å²) in [5, 5.41) is 0. The SMILES string of the molecule is COc1ccc(OC)c(CN(C(=O)C2CC2c2ccccc2F)C2CC2)c1. The summed E-state index contributed by atoms with van der Waals surface area (Å²) in [6, 6.07) is 12.7. The van der Waals surface area contributed by atoms with Gasteiger partial charge in [-0.15, -0.1) is 0 Å². The topological polar surface area (TPSA) is 38.8 Å². The molecular weight excluding hydrogens is 345 g/mol. The van der Waals surface area contributed by atoms with Crippen molar-refractivity contribution in [2.24, 2.45) is 5.92 Å². The monoisotopic (exact) mass is 369 g/mol. The number of benzene rings is 2. The maximum Gasteiger partial charge on any atom is 0.226 e. The van der Waals surface area contributed by atoms with Gasteiger partial charge in [0.2, 0.25) is 5.91 Å². The number of halogens is 1. The molecule has 2 aliphatic carbocycles. The average molecular weight is 369 g/mol. The van der Waals surface area contributed by atoms with Crippen LogP contribution in [-0.2, 0) is 11.3 Å². The van der Waals surface area contributed by atoms with E-state index in [1.165, 1.54) is 6.07 Å². The Kier molecular flexibility index (Phi) is 4.77. The van der Waals surface area contributed by atoms with Crippen LogP contribution in [-0.4, -0.2) is 31.1 Å². The minimum Gasteiger partial charge on any atom is -0.497 e. The van der Waals surface area contributed by atoms with Crippen LogP contribution in [0, 0.1) is 11.7 Å². The molecule has 0 radical (unpaired) electrons. The van der Waals surface area contributed by atoms with Crippen LogP contribution < -0.4 is 9.47 Å². The molecule has 2 fully saturated rings. The highest BCUT2D eigenvalue weighted by atomic mass is 19.1. The Balaban J connectivity index is 1.53. The normalized spacial score (nSPS) is 20.9. The Labute approximate surface area is 158 Å². The Hall–Kier alpha value is -2.56. The van der Waals surface area contributed by atoms with E-state index < -0.39 is 0 Å². The van der Waals surface area contributed by atoms with Crippen molar-refractivity contribution < 1.29 is 18.7 Å². The molecule has 0 spiro atoms. The van der Waals surface area contributed by atoms with Gasteiger partial charge in [-0.25, -0.2) is 4.39 Å². The van der Waals surface area contributed by atoms with Crippen LogP contribution >= 0.6 is 0 Å². The molecule has 2 aliphatic rings. The number of hydrogen-bond donors (Lipinski definition) is 0. The van der Waals surface area contributed by atoms with Gasteiger partial charge in [0.25, 0.3) is 0 Å². The lowest BCUT2D eigenvalue weighted by Gasteiger charge is -2.24. The summed E-state index contributed by atoms with van der Waals surface area (Å²) < 4.78 is 24.8. The molecule has 0 aromatic heterocycles. The minimum absolute atomic E-state index is 0.00726. The lowest BCUT2D eigenvalue weighted by Crippen LogP contribution is -2.34. The second-order valence-corrected chi connectivity index (χ2v) is 7.35. The van der Waals surface area contributed by atoms with Gasteiger partial charge in [0, 0.05) is 24.1 Å². The lowest BCUT2D eigenvalue weighted by molar-refractivity contribution is -0.133. The Bertz CT molecular complexity index is 849. The van der Waals surface area contributed by atoms with E-state index >= 15 is 0 Å².